The molecule has 0 fully saturated rings. The number of halogens is 1. The third-order valence-corrected chi connectivity index (χ3v) is 4.77. The van der Waals surface area contributed by atoms with Crippen LogP contribution in [0, 0.1) is 13.8 Å². The van der Waals surface area contributed by atoms with Crippen molar-refractivity contribution in [2.45, 2.75) is 39.2 Å². The van der Waals surface area contributed by atoms with Crippen LogP contribution in [-0.2, 0) is 0 Å². The summed E-state index contributed by atoms with van der Waals surface area (Å²) >= 11 is 3.55. The van der Waals surface area contributed by atoms with Gasteiger partial charge < -0.3 is 5.11 Å². The monoisotopic (exact) mass is 332 g/mol. The zero-order valence-corrected chi connectivity index (χ0v) is 13.8. The van der Waals surface area contributed by atoms with Gasteiger partial charge in [0, 0.05) is 10.4 Å². The van der Waals surface area contributed by atoms with E-state index in [0.717, 1.165) is 27.6 Å². The van der Waals surface area contributed by atoms with Gasteiger partial charge in [0.2, 0.25) is 0 Å². The standard InChI is InChI=1S/C18H21BrO/c1-4-15(14-8-6-5-7-9-14)18(20)16-10-13(3)17(19)11-12(16)2/h5-11,15,18,20H,4H2,1-3H3. The molecule has 2 unspecified atom stereocenters. The van der Waals surface area contributed by atoms with E-state index in [1.807, 2.05) is 18.2 Å². The molecule has 2 heteroatoms. The fourth-order valence-electron chi connectivity index (χ4n) is 2.68. The van der Waals surface area contributed by atoms with Crippen LogP contribution in [0.4, 0.5) is 0 Å². The van der Waals surface area contributed by atoms with Crippen molar-refractivity contribution in [1.82, 2.24) is 0 Å². The van der Waals surface area contributed by atoms with E-state index >= 15 is 0 Å². The number of rotatable bonds is 4. The van der Waals surface area contributed by atoms with Gasteiger partial charge in [0.15, 0.2) is 0 Å². The molecule has 0 radical (unpaired) electrons. The highest BCUT2D eigenvalue weighted by Crippen LogP contribution is 2.36. The first kappa shape index (κ1) is 15.3. The topological polar surface area (TPSA) is 20.2 Å². The van der Waals surface area contributed by atoms with Gasteiger partial charge in [-0.2, -0.15) is 0 Å². The number of benzene rings is 2. The van der Waals surface area contributed by atoms with E-state index < -0.39 is 6.10 Å². The van der Waals surface area contributed by atoms with Crippen LogP contribution in [-0.4, -0.2) is 5.11 Å². The largest absolute Gasteiger partial charge is 0.388 e. The van der Waals surface area contributed by atoms with Crippen molar-refractivity contribution in [3.05, 3.63) is 69.2 Å². The van der Waals surface area contributed by atoms with Crippen molar-refractivity contribution in [3.63, 3.8) is 0 Å². The van der Waals surface area contributed by atoms with Crippen molar-refractivity contribution in [3.8, 4) is 0 Å². The summed E-state index contributed by atoms with van der Waals surface area (Å²) in [5, 5.41) is 10.8. The summed E-state index contributed by atoms with van der Waals surface area (Å²) in [6.07, 6.45) is 0.453. The molecule has 106 valence electrons. The first-order chi connectivity index (χ1) is 9.54. The summed E-state index contributed by atoms with van der Waals surface area (Å²) in [6, 6.07) is 14.4. The maximum absolute atomic E-state index is 10.8. The molecule has 0 spiro atoms. The van der Waals surface area contributed by atoms with E-state index in [2.05, 4.69) is 61.0 Å². The zero-order chi connectivity index (χ0) is 14.7. The van der Waals surface area contributed by atoms with Crippen molar-refractivity contribution in [1.29, 1.82) is 0 Å². The second-order valence-corrected chi connectivity index (χ2v) is 6.18. The predicted octanol–water partition coefficient (Wildman–Crippen LogP) is 5.29. The van der Waals surface area contributed by atoms with E-state index in [9.17, 15) is 5.11 Å². The molecule has 0 saturated carbocycles. The fraction of sp³-hybridized carbons (Fsp3) is 0.333. The molecule has 0 amide bonds. The Morgan fingerprint density at radius 2 is 1.70 bits per heavy atom. The molecule has 0 aliphatic rings. The van der Waals surface area contributed by atoms with Crippen molar-refractivity contribution in [2.75, 3.05) is 0 Å². The van der Waals surface area contributed by atoms with Crippen LogP contribution in [0.5, 0.6) is 0 Å². The van der Waals surface area contributed by atoms with Crippen LogP contribution in [0.3, 0.4) is 0 Å². The summed E-state index contributed by atoms with van der Waals surface area (Å²) in [5.41, 5.74) is 4.51. The van der Waals surface area contributed by atoms with Gasteiger partial charge in [0.05, 0.1) is 6.10 Å². The summed E-state index contributed by atoms with van der Waals surface area (Å²) in [5.74, 6) is 0.135. The van der Waals surface area contributed by atoms with Gasteiger partial charge in [-0.05, 0) is 48.6 Å². The third-order valence-electron chi connectivity index (χ3n) is 3.91. The summed E-state index contributed by atoms with van der Waals surface area (Å²) < 4.78 is 1.10. The highest BCUT2D eigenvalue weighted by atomic mass is 79.9. The van der Waals surface area contributed by atoms with Gasteiger partial charge >= 0.3 is 0 Å². The molecule has 20 heavy (non-hydrogen) atoms. The molecular formula is C18H21BrO. The van der Waals surface area contributed by atoms with Gasteiger partial charge in [-0.1, -0.05) is 59.3 Å². The van der Waals surface area contributed by atoms with Gasteiger partial charge in [-0.3, -0.25) is 0 Å². The lowest BCUT2D eigenvalue weighted by Gasteiger charge is -2.24. The number of hydrogen-bond donors (Lipinski definition) is 1. The van der Waals surface area contributed by atoms with Crippen LogP contribution in [0.15, 0.2) is 46.9 Å². The molecular weight excluding hydrogens is 312 g/mol. The number of hydrogen-bond acceptors (Lipinski definition) is 1. The first-order valence-corrected chi connectivity index (χ1v) is 7.83. The minimum Gasteiger partial charge on any atom is -0.388 e. The highest BCUT2D eigenvalue weighted by molar-refractivity contribution is 9.10. The molecule has 0 heterocycles. The molecule has 2 atom stereocenters. The van der Waals surface area contributed by atoms with Crippen LogP contribution >= 0.6 is 15.9 Å². The lowest BCUT2D eigenvalue weighted by molar-refractivity contribution is 0.142. The van der Waals surface area contributed by atoms with E-state index in [0.29, 0.717) is 0 Å². The average Bonchev–Trinajstić information content (AvgIpc) is 2.44. The summed E-state index contributed by atoms with van der Waals surface area (Å²) in [4.78, 5) is 0. The molecule has 0 saturated heterocycles. The average molecular weight is 333 g/mol. The van der Waals surface area contributed by atoms with Crippen molar-refractivity contribution < 1.29 is 5.11 Å². The maximum Gasteiger partial charge on any atom is 0.0861 e. The number of aliphatic hydroxyl groups excluding tert-OH is 1. The normalized spacial score (nSPS) is 14.1. The Hall–Kier alpha value is -1.12. The van der Waals surface area contributed by atoms with Crippen LogP contribution in [0.1, 0.15) is 47.6 Å². The maximum atomic E-state index is 10.8. The lowest BCUT2D eigenvalue weighted by atomic mass is 9.85. The minimum atomic E-state index is -0.464. The smallest absolute Gasteiger partial charge is 0.0861 e. The van der Waals surface area contributed by atoms with Gasteiger partial charge in [0.25, 0.3) is 0 Å². The Labute approximate surface area is 129 Å². The van der Waals surface area contributed by atoms with Gasteiger partial charge in [0.1, 0.15) is 0 Å². The SMILES string of the molecule is CCC(c1ccccc1)C(O)c1cc(C)c(Br)cc1C. The van der Waals surface area contributed by atoms with Gasteiger partial charge in [-0.25, -0.2) is 0 Å². The molecule has 0 aliphatic heterocycles. The van der Waals surface area contributed by atoms with Crippen LogP contribution < -0.4 is 0 Å². The Kier molecular flexibility index (Phi) is 5.00. The molecule has 0 aliphatic carbocycles. The molecule has 2 aromatic carbocycles. The molecule has 0 bridgehead atoms. The Morgan fingerprint density at radius 1 is 1.05 bits per heavy atom. The van der Waals surface area contributed by atoms with Gasteiger partial charge in [-0.15, -0.1) is 0 Å². The predicted molar refractivity (Wildman–Crippen MR) is 88.0 cm³/mol. The number of aliphatic hydroxyl groups is 1. The third kappa shape index (κ3) is 3.13. The molecule has 0 aromatic heterocycles. The minimum absolute atomic E-state index is 0.135. The molecule has 1 N–H and O–H groups in total. The second kappa shape index (κ2) is 6.55. The second-order valence-electron chi connectivity index (χ2n) is 5.33. The van der Waals surface area contributed by atoms with E-state index in [-0.39, 0.29) is 5.92 Å². The lowest BCUT2D eigenvalue weighted by Crippen LogP contribution is -2.12. The zero-order valence-electron chi connectivity index (χ0n) is 12.2. The first-order valence-electron chi connectivity index (χ1n) is 7.04. The molecule has 2 rings (SSSR count). The summed E-state index contributed by atoms with van der Waals surface area (Å²) in [6.45, 7) is 6.24. The quantitative estimate of drug-likeness (QED) is 0.806. The van der Waals surface area contributed by atoms with Crippen LogP contribution in [0.25, 0.3) is 0 Å². The Bertz CT molecular complexity index is 577. The fourth-order valence-corrected chi connectivity index (χ4v) is 3.14. The van der Waals surface area contributed by atoms with E-state index in [4.69, 9.17) is 0 Å². The Morgan fingerprint density at radius 3 is 2.30 bits per heavy atom. The summed E-state index contributed by atoms with van der Waals surface area (Å²) in [7, 11) is 0. The molecule has 1 nitrogen and oxygen atoms in total. The van der Waals surface area contributed by atoms with Crippen molar-refractivity contribution >= 4 is 15.9 Å². The Balaban J connectivity index is 2.39. The number of aryl methyl sites for hydroxylation is 2. The van der Waals surface area contributed by atoms with E-state index in [1.54, 1.807) is 0 Å². The van der Waals surface area contributed by atoms with Crippen LogP contribution in [0.2, 0.25) is 0 Å². The van der Waals surface area contributed by atoms with Crippen molar-refractivity contribution in [2.24, 2.45) is 0 Å². The van der Waals surface area contributed by atoms with E-state index in [1.165, 1.54) is 5.56 Å². The highest BCUT2D eigenvalue weighted by Gasteiger charge is 2.22. The molecule has 2 aromatic rings.